The lowest BCUT2D eigenvalue weighted by Gasteiger charge is -2.30. The summed E-state index contributed by atoms with van der Waals surface area (Å²) in [5.74, 6) is -0.273. The zero-order valence-corrected chi connectivity index (χ0v) is 30.8. The zero-order valence-electron chi connectivity index (χ0n) is 29.9. The van der Waals surface area contributed by atoms with Gasteiger partial charge in [0.2, 0.25) is 5.91 Å². The normalized spacial score (nSPS) is 17.0. The highest BCUT2D eigenvalue weighted by atomic mass is 31.2. The molecule has 12 heteroatoms. The van der Waals surface area contributed by atoms with Gasteiger partial charge in [-0.2, -0.15) is 0 Å². The Balaban J connectivity index is 1.18. The van der Waals surface area contributed by atoms with Crippen molar-refractivity contribution in [2.75, 3.05) is 60.7 Å². The molecule has 3 atom stereocenters. The molecule has 49 heavy (non-hydrogen) atoms. The van der Waals surface area contributed by atoms with Gasteiger partial charge in [-0.3, -0.25) is 14.2 Å². The fraction of sp³-hybridized carbons (Fsp3) is 0.676. The van der Waals surface area contributed by atoms with Crippen LogP contribution in [-0.4, -0.2) is 89.4 Å². The molecule has 11 nitrogen and oxygen atoms in total. The zero-order chi connectivity index (χ0) is 35.4. The Morgan fingerprint density at radius 2 is 1.61 bits per heavy atom. The monoisotopic (exact) mass is 706 g/mol. The average Bonchev–Trinajstić information content (AvgIpc) is 3.06. The van der Waals surface area contributed by atoms with Crippen LogP contribution >= 0.6 is 7.82 Å². The summed E-state index contributed by atoms with van der Waals surface area (Å²) in [4.78, 5) is 37.0. The highest BCUT2D eigenvalue weighted by Gasteiger charge is 2.24. The van der Waals surface area contributed by atoms with Crippen LogP contribution in [0.1, 0.15) is 89.0 Å². The Kier molecular flexibility index (Phi) is 18.8. The fourth-order valence-electron chi connectivity index (χ4n) is 5.51. The van der Waals surface area contributed by atoms with Crippen LogP contribution in [0.15, 0.2) is 42.5 Å². The smallest absolute Gasteiger partial charge is 0.305 e. The molecule has 1 N–H and O–H groups in total. The lowest BCUT2D eigenvalue weighted by atomic mass is 10.0. The number of phosphoric ester groups is 1. The van der Waals surface area contributed by atoms with Crippen LogP contribution in [0.25, 0.3) is 10.8 Å². The first-order chi connectivity index (χ1) is 23.5. The number of rotatable bonds is 25. The van der Waals surface area contributed by atoms with Gasteiger partial charge in [0.05, 0.1) is 34.2 Å². The maximum atomic E-state index is 12.4. The largest absolute Gasteiger partial charge is 0.756 e. The van der Waals surface area contributed by atoms with Crippen molar-refractivity contribution in [3.05, 3.63) is 48.0 Å². The van der Waals surface area contributed by atoms with Crippen LogP contribution < -0.4 is 10.2 Å². The second kappa shape index (κ2) is 22.4. The molecule has 3 rings (SSSR count). The molecular weight excluding hydrogens is 647 g/mol. The van der Waals surface area contributed by atoms with E-state index in [2.05, 4.69) is 29.6 Å². The van der Waals surface area contributed by atoms with E-state index in [1.54, 1.807) is 0 Å². The van der Waals surface area contributed by atoms with E-state index in [-0.39, 0.29) is 31.7 Å². The second-order valence-electron chi connectivity index (χ2n) is 14.0. The molecule has 1 heterocycles. The van der Waals surface area contributed by atoms with Gasteiger partial charge in [0.15, 0.2) is 6.29 Å². The van der Waals surface area contributed by atoms with E-state index in [1.165, 1.54) is 11.8 Å². The third-order valence-electron chi connectivity index (χ3n) is 8.40. The molecule has 0 bridgehead atoms. The Morgan fingerprint density at radius 3 is 2.31 bits per heavy atom. The first-order valence-electron chi connectivity index (χ1n) is 18.1. The number of carbonyl (C=O) groups is 2. The number of hydrogen-bond donors (Lipinski definition) is 1. The van der Waals surface area contributed by atoms with Crippen LogP contribution in [-0.2, 0) is 43.8 Å². The molecule has 1 fully saturated rings. The highest BCUT2D eigenvalue weighted by Crippen LogP contribution is 2.38. The number of phosphoric acid groups is 1. The minimum atomic E-state index is -4.53. The van der Waals surface area contributed by atoms with Crippen LogP contribution in [0.3, 0.4) is 0 Å². The van der Waals surface area contributed by atoms with Gasteiger partial charge in [-0.15, -0.1) is 0 Å². The van der Waals surface area contributed by atoms with Crippen molar-refractivity contribution in [2.45, 2.75) is 102 Å². The lowest BCUT2D eigenvalue weighted by molar-refractivity contribution is -0.870. The van der Waals surface area contributed by atoms with Gasteiger partial charge in [-0.1, -0.05) is 87.4 Å². The van der Waals surface area contributed by atoms with E-state index >= 15 is 0 Å². The molecule has 0 spiro atoms. The topological polar surface area (TPSA) is 132 Å². The van der Waals surface area contributed by atoms with Gasteiger partial charge in [0.1, 0.15) is 25.9 Å². The number of amides is 1. The fourth-order valence-corrected chi connectivity index (χ4v) is 6.24. The number of nitrogens with one attached hydrogen (secondary N) is 1. The average molecular weight is 707 g/mol. The van der Waals surface area contributed by atoms with Crippen LogP contribution in [0, 0.1) is 0 Å². The predicted molar refractivity (Wildman–Crippen MR) is 189 cm³/mol. The van der Waals surface area contributed by atoms with Crippen molar-refractivity contribution in [3.8, 4) is 0 Å². The summed E-state index contributed by atoms with van der Waals surface area (Å²) < 4.78 is 39.8. The maximum Gasteiger partial charge on any atom is 0.305 e. The van der Waals surface area contributed by atoms with Crippen LogP contribution in [0.4, 0.5) is 0 Å². The molecule has 276 valence electrons. The third kappa shape index (κ3) is 19.0. The lowest BCUT2D eigenvalue weighted by Crippen LogP contribution is -2.38. The standard InChI is InChI=1S/C37H59N2O9P/c1-39(2,3)24-26-46-49(42,43)47-30-34(48-37-20-14-16-25-44-37)29-45-36(41)19-11-9-7-5-4-6-8-10-15-23-38-35(40)28-31-21-22-32-17-12-13-18-33(32)27-31/h12-13,17-18,21-22,27,34,37H,4-11,14-16,19-20,23-26,28-30H2,1-3H3,(H-,38,40,42,43)/t34-,37?/m0/s1. The van der Waals surface area contributed by atoms with E-state index < -0.39 is 20.2 Å². The molecular formula is C37H59N2O9P. The van der Waals surface area contributed by atoms with E-state index in [0.717, 1.165) is 75.2 Å². The number of benzene rings is 2. The van der Waals surface area contributed by atoms with Gasteiger partial charge in [-0.25, -0.2) is 0 Å². The summed E-state index contributed by atoms with van der Waals surface area (Å²) in [5.41, 5.74) is 1.03. The van der Waals surface area contributed by atoms with Gasteiger partial charge >= 0.3 is 5.97 Å². The van der Waals surface area contributed by atoms with E-state index in [0.29, 0.717) is 43.4 Å². The molecule has 2 unspecified atom stereocenters. The first-order valence-corrected chi connectivity index (χ1v) is 19.5. The van der Waals surface area contributed by atoms with Gasteiger partial charge in [0, 0.05) is 19.6 Å². The van der Waals surface area contributed by atoms with Crippen molar-refractivity contribution < 1.29 is 46.8 Å². The first kappa shape index (κ1) is 41.1. The molecule has 0 saturated carbocycles. The molecule has 0 aromatic heterocycles. The maximum absolute atomic E-state index is 12.4. The molecule has 1 aliphatic rings. The number of unbranched alkanes of at least 4 members (excludes halogenated alkanes) is 8. The molecule has 2 aromatic rings. The summed E-state index contributed by atoms with van der Waals surface area (Å²) in [6, 6.07) is 14.4. The number of likely N-dealkylation sites (N-methyl/N-ethyl adjacent to an activating group) is 1. The Hall–Kier alpha value is -2.37. The number of esters is 1. The number of carbonyl (C=O) groups excluding carboxylic acids is 2. The quantitative estimate of drug-likeness (QED) is 0.0566. The summed E-state index contributed by atoms with van der Waals surface area (Å²) >= 11 is 0. The summed E-state index contributed by atoms with van der Waals surface area (Å²) in [6.07, 6.45) is 11.4. The van der Waals surface area contributed by atoms with E-state index in [9.17, 15) is 19.0 Å². The molecule has 1 saturated heterocycles. The van der Waals surface area contributed by atoms with E-state index in [4.69, 9.17) is 23.3 Å². The number of hydrogen-bond acceptors (Lipinski definition) is 9. The highest BCUT2D eigenvalue weighted by molar-refractivity contribution is 7.45. The molecule has 0 aliphatic carbocycles. The van der Waals surface area contributed by atoms with Crippen molar-refractivity contribution in [3.63, 3.8) is 0 Å². The van der Waals surface area contributed by atoms with Crippen molar-refractivity contribution >= 4 is 30.5 Å². The minimum absolute atomic E-state index is 0.00566. The number of fused-ring (bicyclic) bond motifs is 1. The summed E-state index contributed by atoms with van der Waals surface area (Å²) in [5, 5.41) is 5.38. The Labute approximate surface area is 293 Å². The van der Waals surface area contributed by atoms with Gasteiger partial charge in [0.25, 0.3) is 7.82 Å². The SMILES string of the molecule is C[N+](C)(C)CCOP(=O)([O-])OC[C@H](COC(=O)CCCCCCCCCCCNC(=O)Cc1ccc2ccccc2c1)OC1CCCCO1. The van der Waals surface area contributed by atoms with Crippen LogP contribution in [0.2, 0.25) is 0 Å². The minimum Gasteiger partial charge on any atom is -0.756 e. The van der Waals surface area contributed by atoms with E-state index in [1.807, 2.05) is 39.3 Å². The third-order valence-corrected chi connectivity index (χ3v) is 9.36. The van der Waals surface area contributed by atoms with Crippen LogP contribution in [0.5, 0.6) is 0 Å². The van der Waals surface area contributed by atoms with Gasteiger partial charge < -0.3 is 38.0 Å². The number of nitrogens with zero attached hydrogens (tertiary/aromatic N) is 1. The second-order valence-corrected chi connectivity index (χ2v) is 15.4. The molecule has 2 aromatic carbocycles. The Morgan fingerprint density at radius 1 is 0.918 bits per heavy atom. The molecule has 0 radical (unpaired) electrons. The number of ether oxygens (including phenoxy) is 3. The summed E-state index contributed by atoms with van der Waals surface area (Å²) in [6.45, 7) is 1.34. The number of quaternary nitrogens is 1. The van der Waals surface area contributed by atoms with Crippen molar-refractivity contribution in [1.82, 2.24) is 5.32 Å². The van der Waals surface area contributed by atoms with Crippen molar-refractivity contribution in [2.24, 2.45) is 0 Å². The molecule has 1 amide bonds. The van der Waals surface area contributed by atoms with Gasteiger partial charge in [-0.05, 0) is 48.4 Å². The van der Waals surface area contributed by atoms with Crippen molar-refractivity contribution in [1.29, 1.82) is 0 Å². The summed E-state index contributed by atoms with van der Waals surface area (Å²) in [7, 11) is 1.28. The Bertz CT molecular complexity index is 1300. The predicted octanol–water partition coefficient (Wildman–Crippen LogP) is 6.06. The molecule has 1 aliphatic heterocycles.